The summed E-state index contributed by atoms with van der Waals surface area (Å²) in [6.45, 7) is 2.38. The fourth-order valence-electron chi connectivity index (χ4n) is 2.59. The average Bonchev–Trinajstić information content (AvgIpc) is 2.63. The molecule has 2 aromatic rings. The largest absolute Gasteiger partial charge is 0.481 e. The number of aliphatic carboxylic acids is 1. The molecule has 0 unspecified atom stereocenters. The number of para-hydroxylation sites is 2. The number of hydrogen-bond acceptors (Lipinski definition) is 3. The molecule has 0 radical (unpaired) electrons. The molecule has 0 aliphatic carbocycles. The van der Waals surface area contributed by atoms with Crippen LogP contribution in [0.25, 0.3) is 0 Å². The van der Waals surface area contributed by atoms with Crippen LogP contribution in [0.2, 0.25) is 0 Å². The SMILES string of the molecule is CCN(C(=O)c1ccccc1NC(=O)CCCC(=O)O)c1ccccc1. The van der Waals surface area contributed by atoms with Crippen molar-refractivity contribution in [3.05, 3.63) is 60.2 Å². The third-order valence-electron chi connectivity index (χ3n) is 3.86. The molecule has 2 aromatic carbocycles. The molecule has 0 aromatic heterocycles. The van der Waals surface area contributed by atoms with Gasteiger partial charge in [0.1, 0.15) is 0 Å². The van der Waals surface area contributed by atoms with Crippen LogP contribution < -0.4 is 10.2 Å². The number of nitrogens with zero attached hydrogens (tertiary/aromatic N) is 1. The Balaban J connectivity index is 2.15. The van der Waals surface area contributed by atoms with Crippen molar-refractivity contribution in [1.29, 1.82) is 0 Å². The van der Waals surface area contributed by atoms with Gasteiger partial charge >= 0.3 is 5.97 Å². The lowest BCUT2D eigenvalue weighted by Crippen LogP contribution is -2.31. The number of rotatable bonds is 8. The molecule has 0 aliphatic heterocycles. The summed E-state index contributed by atoms with van der Waals surface area (Å²) in [4.78, 5) is 37.2. The minimum absolute atomic E-state index is 0.0639. The highest BCUT2D eigenvalue weighted by Crippen LogP contribution is 2.22. The summed E-state index contributed by atoms with van der Waals surface area (Å²) in [7, 11) is 0. The van der Waals surface area contributed by atoms with Crippen LogP contribution in [0, 0.1) is 0 Å². The fraction of sp³-hybridized carbons (Fsp3) is 0.250. The van der Waals surface area contributed by atoms with E-state index in [0.29, 0.717) is 17.8 Å². The molecule has 136 valence electrons. The predicted octanol–water partition coefficient (Wildman–Crippen LogP) is 3.55. The highest BCUT2D eigenvalue weighted by atomic mass is 16.4. The van der Waals surface area contributed by atoms with Gasteiger partial charge in [-0.1, -0.05) is 30.3 Å². The number of carbonyl (C=O) groups is 3. The molecular weight excluding hydrogens is 332 g/mol. The van der Waals surface area contributed by atoms with Crippen LogP contribution in [0.1, 0.15) is 36.5 Å². The third kappa shape index (κ3) is 5.17. The van der Waals surface area contributed by atoms with Crippen molar-refractivity contribution >= 4 is 29.2 Å². The minimum atomic E-state index is -0.935. The number of benzene rings is 2. The predicted molar refractivity (Wildman–Crippen MR) is 100 cm³/mol. The second-order valence-electron chi connectivity index (χ2n) is 5.73. The zero-order valence-corrected chi connectivity index (χ0v) is 14.6. The second kappa shape index (κ2) is 9.36. The van der Waals surface area contributed by atoms with E-state index < -0.39 is 5.97 Å². The first kappa shape index (κ1) is 19.2. The lowest BCUT2D eigenvalue weighted by Gasteiger charge is -2.22. The highest BCUT2D eigenvalue weighted by molar-refractivity contribution is 6.11. The van der Waals surface area contributed by atoms with E-state index in [0.717, 1.165) is 5.69 Å². The summed E-state index contributed by atoms with van der Waals surface area (Å²) in [5.41, 5.74) is 1.60. The molecule has 0 saturated heterocycles. The van der Waals surface area contributed by atoms with Gasteiger partial charge in [-0.05, 0) is 37.6 Å². The molecule has 26 heavy (non-hydrogen) atoms. The average molecular weight is 354 g/mol. The Morgan fingerprint density at radius 1 is 0.962 bits per heavy atom. The van der Waals surface area contributed by atoms with E-state index in [1.165, 1.54) is 0 Å². The van der Waals surface area contributed by atoms with Crippen molar-refractivity contribution in [1.82, 2.24) is 0 Å². The topological polar surface area (TPSA) is 86.7 Å². The van der Waals surface area contributed by atoms with Gasteiger partial charge in [-0.2, -0.15) is 0 Å². The first-order valence-electron chi connectivity index (χ1n) is 8.50. The van der Waals surface area contributed by atoms with Gasteiger partial charge in [0.05, 0.1) is 11.3 Å². The smallest absolute Gasteiger partial charge is 0.303 e. The standard InChI is InChI=1S/C20H22N2O4/c1-2-22(15-9-4-3-5-10-15)20(26)16-11-6-7-12-17(16)21-18(23)13-8-14-19(24)25/h3-7,9-12H,2,8,13-14H2,1H3,(H,21,23)(H,24,25). The van der Waals surface area contributed by atoms with Crippen LogP contribution in [0.15, 0.2) is 54.6 Å². The summed E-state index contributed by atoms with van der Waals surface area (Å²) in [5, 5.41) is 11.4. The van der Waals surface area contributed by atoms with E-state index in [1.54, 1.807) is 29.2 Å². The molecule has 6 heteroatoms. The Hall–Kier alpha value is -3.15. The Labute approximate surface area is 152 Å². The second-order valence-corrected chi connectivity index (χ2v) is 5.73. The van der Waals surface area contributed by atoms with Gasteiger partial charge in [0.15, 0.2) is 0 Å². The van der Waals surface area contributed by atoms with Crippen molar-refractivity contribution in [2.45, 2.75) is 26.2 Å². The van der Waals surface area contributed by atoms with E-state index in [2.05, 4.69) is 5.32 Å². The van der Waals surface area contributed by atoms with E-state index in [1.807, 2.05) is 37.3 Å². The number of amides is 2. The molecular formula is C20H22N2O4. The molecule has 0 heterocycles. The van der Waals surface area contributed by atoms with Gasteiger partial charge in [0.25, 0.3) is 5.91 Å². The summed E-state index contributed by atoms with van der Waals surface area (Å²) in [5.74, 6) is -1.45. The Morgan fingerprint density at radius 3 is 2.27 bits per heavy atom. The van der Waals surface area contributed by atoms with Crippen molar-refractivity contribution in [3.8, 4) is 0 Å². The van der Waals surface area contributed by atoms with Gasteiger partial charge in [-0.15, -0.1) is 0 Å². The maximum absolute atomic E-state index is 13.0. The Kier molecular flexibility index (Phi) is 6.91. The van der Waals surface area contributed by atoms with E-state index in [-0.39, 0.29) is 31.1 Å². The van der Waals surface area contributed by atoms with Gasteiger partial charge in [0.2, 0.25) is 5.91 Å². The maximum atomic E-state index is 13.0. The Bertz CT molecular complexity index is 774. The summed E-state index contributed by atoms with van der Waals surface area (Å²) in [6, 6.07) is 16.1. The monoisotopic (exact) mass is 354 g/mol. The van der Waals surface area contributed by atoms with Gasteiger partial charge in [0, 0.05) is 25.1 Å². The molecule has 2 N–H and O–H groups in total. The molecule has 0 bridgehead atoms. The summed E-state index contributed by atoms with van der Waals surface area (Å²) in [6.07, 6.45) is 0.277. The lowest BCUT2D eigenvalue weighted by molar-refractivity contribution is -0.137. The summed E-state index contributed by atoms with van der Waals surface area (Å²) < 4.78 is 0. The lowest BCUT2D eigenvalue weighted by atomic mass is 10.1. The van der Waals surface area contributed by atoms with Gasteiger partial charge in [-0.25, -0.2) is 0 Å². The van der Waals surface area contributed by atoms with Crippen LogP contribution >= 0.6 is 0 Å². The van der Waals surface area contributed by atoms with E-state index in [9.17, 15) is 14.4 Å². The Morgan fingerprint density at radius 2 is 1.62 bits per heavy atom. The van der Waals surface area contributed by atoms with Gasteiger partial charge in [-0.3, -0.25) is 14.4 Å². The van der Waals surface area contributed by atoms with Gasteiger partial charge < -0.3 is 15.3 Å². The van der Waals surface area contributed by atoms with Crippen LogP contribution in [0.4, 0.5) is 11.4 Å². The zero-order chi connectivity index (χ0) is 18.9. The molecule has 0 spiro atoms. The van der Waals surface area contributed by atoms with Crippen LogP contribution in [-0.2, 0) is 9.59 Å². The first-order valence-corrected chi connectivity index (χ1v) is 8.50. The molecule has 2 amide bonds. The number of anilines is 2. The molecule has 0 atom stereocenters. The minimum Gasteiger partial charge on any atom is -0.481 e. The molecule has 0 saturated carbocycles. The van der Waals surface area contributed by atoms with Crippen molar-refractivity contribution in [2.24, 2.45) is 0 Å². The fourth-order valence-corrected chi connectivity index (χ4v) is 2.59. The van der Waals surface area contributed by atoms with Crippen molar-refractivity contribution in [3.63, 3.8) is 0 Å². The molecule has 6 nitrogen and oxygen atoms in total. The number of hydrogen-bond donors (Lipinski definition) is 2. The maximum Gasteiger partial charge on any atom is 0.303 e. The molecule has 2 rings (SSSR count). The third-order valence-corrected chi connectivity index (χ3v) is 3.86. The van der Waals surface area contributed by atoms with Crippen LogP contribution in [-0.4, -0.2) is 29.4 Å². The molecule has 0 aliphatic rings. The normalized spacial score (nSPS) is 10.2. The first-order chi connectivity index (χ1) is 12.5. The van der Waals surface area contributed by atoms with Crippen LogP contribution in [0.3, 0.4) is 0 Å². The quantitative estimate of drug-likeness (QED) is 0.759. The number of nitrogens with one attached hydrogen (secondary N) is 1. The van der Waals surface area contributed by atoms with E-state index >= 15 is 0 Å². The highest BCUT2D eigenvalue weighted by Gasteiger charge is 2.19. The summed E-state index contributed by atoms with van der Waals surface area (Å²) >= 11 is 0. The number of carboxylic acids is 1. The van der Waals surface area contributed by atoms with E-state index in [4.69, 9.17) is 5.11 Å². The number of carboxylic acid groups (broad SMARTS) is 1. The van der Waals surface area contributed by atoms with Crippen molar-refractivity contribution < 1.29 is 19.5 Å². The molecule has 0 fully saturated rings. The van der Waals surface area contributed by atoms with Crippen molar-refractivity contribution in [2.75, 3.05) is 16.8 Å². The van der Waals surface area contributed by atoms with Crippen LogP contribution in [0.5, 0.6) is 0 Å². The zero-order valence-electron chi connectivity index (χ0n) is 14.6. The number of carbonyl (C=O) groups excluding carboxylic acids is 2.